The molecule has 0 heterocycles. The molecule has 0 spiro atoms. The monoisotopic (exact) mass is 590 g/mol. The zero-order chi connectivity index (χ0) is 24.7. The summed E-state index contributed by atoms with van der Waals surface area (Å²) in [7, 11) is 0. The van der Waals surface area contributed by atoms with Crippen molar-refractivity contribution in [2.24, 2.45) is 0 Å². The number of hydrogen-bond acceptors (Lipinski definition) is 5. The Kier molecular flexibility index (Phi) is 9.45. The topological polar surface area (TPSA) is 89.9 Å². The van der Waals surface area contributed by atoms with Crippen molar-refractivity contribution in [3.63, 3.8) is 0 Å². The van der Waals surface area contributed by atoms with Crippen molar-refractivity contribution in [1.82, 2.24) is 0 Å². The minimum atomic E-state index is -1.39. The molecule has 2 aromatic carbocycles. The molecule has 3 atom stereocenters. The first kappa shape index (κ1) is 26.6. The van der Waals surface area contributed by atoms with E-state index in [0.29, 0.717) is 19.4 Å². The Morgan fingerprint density at radius 3 is 2.09 bits per heavy atom. The van der Waals surface area contributed by atoms with Crippen LogP contribution in [0.15, 0.2) is 48.5 Å². The molecule has 8 heteroatoms. The molecule has 3 unspecified atom stereocenters. The molecule has 0 bridgehead atoms. The Labute approximate surface area is 214 Å². The average Bonchev–Trinajstić information content (AvgIpc) is 3.09. The molecule has 0 saturated heterocycles. The number of carboxylic acids is 1. The number of hydrogen-bond donors (Lipinski definition) is 1. The molecule has 34 heavy (non-hydrogen) atoms. The summed E-state index contributed by atoms with van der Waals surface area (Å²) in [6, 6.07) is 16.5. The van der Waals surface area contributed by atoms with Crippen LogP contribution < -0.4 is 0 Å². The van der Waals surface area contributed by atoms with Gasteiger partial charge in [0.2, 0.25) is 0 Å². The Bertz CT molecular complexity index is 984. The first-order chi connectivity index (χ1) is 16.2. The number of ether oxygens (including phenoxy) is 2. The second kappa shape index (κ2) is 12.1. The van der Waals surface area contributed by atoms with Gasteiger partial charge in [0.1, 0.15) is 0 Å². The summed E-state index contributed by atoms with van der Waals surface area (Å²) >= 11 is -2.31. The number of carboxylic acid groups (broad SMARTS) is 1. The molecule has 0 saturated carbocycles. The van der Waals surface area contributed by atoms with Crippen LogP contribution in [0.25, 0.3) is 11.1 Å². The van der Waals surface area contributed by atoms with E-state index in [-0.39, 0.29) is 15.4 Å². The molecule has 2 aromatic rings. The van der Waals surface area contributed by atoms with Crippen molar-refractivity contribution < 1.29 is 29.0 Å². The summed E-state index contributed by atoms with van der Waals surface area (Å²) in [6.07, 6.45) is 1.91. The summed E-state index contributed by atoms with van der Waals surface area (Å²) in [6.45, 7) is 5.68. The molecule has 0 aromatic heterocycles. The van der Waals surface area contributed by atoms with Gasteiger partial charge in [-0.2, -0.15) is 0 Å². The van der Waals surface area contributed by atoms with Gasteiger partial charge < -0.3 is 0 Å². The average molecular weight is 590 g/mol. The van der Waals surface area contributed by atoms with Crippen molar-refractivity contribution >= 4 is 47.0 Å². The fourth-order valence-corrected chi connectivity index (χ4v) is 8.09. The molecule has 0 aliphatic heterocycles. The maximum absolute atomic E-state index is 12.4. The van der Waals surface area contributed by atoms with Gasteiger partial charge in [-0.1, -0.05) is 0 Å². The van der Waals surface area contributed by atoms with Gasteiger partial charge in [-0.15, -0.1) is 0 Å². The number of carbonyl (C=O) groups excluding carboxylic acids is 2. The van der Waals surface area contributed by atoms with Crippen LogP contribution in [0.2, 0.25) is 9.91 Å². The van der Waals surface area contributed by atoms with E-state index >= 15 is 0 Å². The van der Waals surface area contributed by atoms with Gasteiger partial charge in [0.25, 0.3) is 0 Å². The summed E-state index contributed by atoms with van der Waals surface area (Å²) in [5, 5.41) is 10.2. The molecule has 1 aliphatic carbocycles. The van der Waals surface area contributed by atoms with E-state index in [2.05, 4.69) is 24.3 Å². The van der Waals surface area contributed by atoms with Gasteiger partial charge in [0, 0.05) is 0 Å². The molecule has 0 fully saturated rings. The number of rotatable bonds is 11. The Morgan fingerprint density at radius 2 is 1.53 bits per heavy atom. The Balaban J connectivity index is 1.40. The predicted molar refractivity (Wildman–Crippen MR) is 136 cm³/mol. The molecular weight excluding hydrogens is 558 g/mol. The molecule has 182 valence electrons. The second-order valence-corrected chi connectivity index (χ2v) is 14.9. The van der Waals surface area contributed by atoms with Crippen molar-refractivity contribution in [3.8, 4) is 11.1 Å². The van der Waals surface area contributed by atoms with E-state index in [1.807, 2.05) is 24.3 Å². The van der Waals surface area contributed by atoms with Crippen molar-refractivity contribution in [2.75, 3.05) is 6.61 Å². The Hall–Kier alpha value is -2.03. The van der Waals surface area contributed by atoms with Crippen LogP contribution in [0.3, 0.4) is 0 Å². The number of fused-ring (bicyclic) bond motifs is 3. The van der Waals surface area contributed by atoms with Crippen molar-refractivity contribution in [2.45, 2.75) is 61.5 Å². The second-order valence-electron chi connectivity index (χ2n) is 9.29. The van der Waals surface area contributed by atoms with Crippen LogP contribution >= 0.6 is 0 Å². The predicted octanol–water partition coefficient (Wildman–Crippen LogP) is 5.21. The molecule has 0 radical (unpaired) electrons. The van der Waals surface area contributed by atoms with E-state index in [9.17, 15) is 19.5 Å². The fourth-order valence-electron chi connectivity index (χ4n) is 4.02. The van der Waals surface area contributed by atoms with Gasteiger partial charge in [0.15, 0.2) is 0 Å². The van der Waals surface area contributed by atoms with Crippen LogP contribution in [0, 0.1) is 0 Å². The zero-order valence-corrected chi connectivity index (χ0v) is 24.0. The van der Waals surface area contributed by atoms with Gasteiger partial charge in [-0.25, -0.2) is 0 Å². The summed E-state index contributed by atoms with van der Waals surface area (Å²) in [4.78, 5) is 35.9. The van der Waals surface area contributed by atoms with E-state index < -0.39 is 47.8 Å². The third kappa shape index (κ3) is 7.48. The summed E-state index contributed by atoms with van der Waals surface area (Å²) in [5.74, 6) is -0.866. The fraction of sp³-hybridized carbons (Fsp3) is 0.423. The molecule has 1 aliphatic rings. The number of unbranched alkanes of at least 4 members (excludes halogenated alkanes) is 1. The van der Waals surface area contributed by atoms with Gasteiger partial charge >= 0.3 is 215 Å². The quantitative estimate of drug-likeness (QED) is 0.286. The Morgan fingerprint density at radius 1 is 0.941 bits per heavy atom. The van der Waals surface area contributed by atoms with Crippen molar-refractivity contribution in [3.05, 3.63) is 59.7 Å². The summed E-state index contributed by atoms with van der Waals surface area (Å²) < 4.78 is 9.85. The third-order valence-electron chi connectivity index (χ3n) is 5.52. The minimum absolute atomic E-state index is 0.0663. The third-order valence-corrected chi connectivity index (χ3v) is 10.3. The van der Waals surface area contributed by atoms with E-state index in [0.717, 1.165) is 11.6 Å². The molecule has 0 amide bonds. The number of benzene rings is 2. The first-order valence-corrected chi connectivity index (χ1v) is 16.3. The SMILES string of the molecule is CC(C)(C)OC(=O)[AsH]C(CCCC[AsH]C(=O)OCC1c2ccccc2-c2ccccc21)C(=O)O. The van der Waals surface area contributed by atoms with E-state index in [1.165, 1.54) is 22.3 Å². The first-order valence-electron chi connectivity index (χ1n) is 11.5. The van der Waals surface area contributed by atoms with Gasteiger partial charge in [-0.3, -0.25) is 0 Å². The van der Waals surface area contributed by atoms with E-state index in [4.69, 9.17) is 9.47 Å². The van der Waals surface area contributed by atoms with Crippen LogP contribution in [0.4, 0.5) is 9.59 Å². The summed E-state index contributed by atoms with van der Waals surface area (Å²) in [5.41, 5.74) is 4.21. The zero-order valence-electron chi connectivity index (χ0n) is 19.8. The van der Waals surface area contributed by atoms with Crippen LogP contribution in [-0.4, -0.2) is 64.3 Å². The van der Waals surface area contributed by atoms with Gasteiger partial charge in [0.05, 0.1) is 0 Å². The van der Waals surface area contributed by atoms with Crippen molar-refractivity contribution in [1.29, 1.82) is 0 Å². The maximum atomic E-state index is 12.4. The van der Waals surface area contributed by atoms with Crippen LogP contribution in [0.5, 0.6) is 0 Å². The van der Waals surface area contributed by atoms with Crippen LogP contribution in [-0.2, 0) is 14.3 Å². The number of carbonyl (C=O) groups is 3. The van der Waals surface area contributed by atoms with Gasteiger partial charge in [-0.05, 0) is 0 Å². The standard InChI is InChI=1S/C26H32As2O6/c1-26(2,3)34-25(32)28-22(23(29)30)14-8-9-15-27-24(31)33-16-21-19-12-6-4-10-17(19)18-11-5-7-13-20(18)21/h4-7,10-13,21-22,27-28H,8-9,14-16H2,1-3H3,(H,29,30). The number of aliphatic carboxylic acids is 1. The normalized spacial score (nSPS) is 14.3. The van der Waals surface area contributed by atoms with E-state index in [1.54, 1.807) is 20.8 Å². The molecule has 6 nitrogen and oxygen atoms in total. The molecule has 3 rings (SSSR count). The molecule has 1 N–H and O–H groups in total. The molecular formula is C26H32As2O6. The van der Waals surface area contributed by atoms with Crippen LogP contribution in [0.1, 0.15) is 57.1 Å².